The van der Waals surface area contributed by atoms with Crippen molar-refractivity contribution in [1.82, 2.24) is 9.88 Å². The Morgan fingerprint density at radius 3 is 2.50 bits per heavy atom. The van der Waals surface area contributed by atoms with Crippen LogP contribution < -0.4 is 5.32 Å². The van der Waals surface area contributed by atoms with Gasteiger partial charge in [0.15, 0.2) is 0 Å². The predicted molar refractivity (Wildman–Crippen MR) is 107 cm³/mol. The first-order valence-electron chi connectivity index (χ1n) is 8.86. The average Bonchev–Trinajstić information content (AvgIpc) is 3.12. The van der Waals surface area contributed by atoms with E-state index >= 15 is 0 Å². The Balaban J connectivity index is 1.84. The molecule has 0 spiro atoms. The van der Waals surface area contributed by atoms with Crippen LogP contribution in [0, 0.1) is 0 Å². The summed E-state index contributed by atoms with van der Waals surface area (Å²) in [6.07, 6.45) is 5.44. The minimum atomic E-state index is -0.0770. The molecular weight excluding hydrogens is 320 g/mol. The highest BCUT2D eigenvalue weighted by Gasteiger charge is 2.19. The SMILES string of the molecule is C=Cc1ccccc1C(CCc1ccccc1)NC(=O)c1cccn1C. The fourth-order valence-corrected chi connectivity index (χ4v) is 3.20. The lowest BCUT2D eigenvalue weighted by Crippen LogP contribution is -2.30. The molecule has 0 fully saturated rings. The Bertz CT molecular complexity index is 880. The van der Waals surface area contributed by atoms with Crippen LogP contribution in [0.5, 0.6) is 0 Å². The van der Waals surface area contributed by atoms with Gasteiger partial charge in [-0.1, -0.05) is 67.3 Å². The number of nitrogens with one attached hydrogen (secondary N) is 1. The molecule has 0 aliphatic carbocycles. The number of nitrogens with zero attached hydrogens (tertiary/aromatic N) is 1. The van der Waals surface area contributed by atoms with Crippen molar-refractivity contribution in [1.29, 1.82) is 0 Å². The van der Waals surface area contributed by atoms with Gasteiger partial charge in [-0.2, -0.15) is 0 Å². The van der Waals surface area contributed by atoms with Crippen LogP contribution in [-0.2, 0) is 13.5 Å². The molecule has 132 valence electrons. The zero-order valence-electron chi connectivity index (χ0n) is 15.1. The van der Waals surface area contributed by atoms with Crippen molar-refractivity contribution < 1.29 is 4.79 Å². The van der Waals surface area contributed by atoms with E-state index in [0.717, 1.165) is 24.0 Å². The molecule has 1 atom stereocenters. The lowest BCUT2D eigenvalue weighted by Gasteiger charge is -2.21. The van der Waals surface area contributed by atoms with Crippen molar-refractivity contribution in [2.75, 3.05) is 0 Å². The first-order chi connectivity index (χ1) is 12.7. The van der Waals surface area contributed by atoms with Gasteiger partial charge in [0.25, 0.3) is 5.91 Å². The van der Waals surface area contributed by atoms with Crippen molar-refractivity contribution in [3.05, 3.63) is 102 Å². The van der Waals surface area contributed by atoms with Gasteiger partial charge in [-0.3, -0.25) is 4.79 Å². The maximum atomic E-state index is 12.8. The predicted octanol–water partition coefficient (Wildman–Crippen LogP) is 4.77. The minimum absolute atomic E-state index is 0.0607. The van der Waals surface area contributed by atoms with Crippen LogP contribution in [0.4, 0.5) is 0 Å². The molecule has 0 aliphatic heterocycles. The molecule has 1 amide bonds. The molecule has 0 saturated carbocycles. The van der Waals surface area contributed by atoms with E-state index in [0.29, 0.717) is 5.69 Å². The summed E-state index contributed by atoms with van der Waals surface area (Å²) in [7, 11) is 1.88. The Labute approximate surface area is 155 Å². The molecule has 0 saturated heterocycles. The van der Waals surface area contributed by atoms with Gasteiger partial charge in [-0.15, -0.1) is 0 Å². The third-order valence-electron chi connectivity index (χ3n) is 4.64. The molecule has 3 nitrogen and oxygen atoms in total. The van der Waals surface area contributed by atoms with E-state index in [1.807, 2.05) is 72.4 Å². The van der Waals surface area contributed by atoms with E-state index in [1.54, 1.807) is 0 Å². The van der Waals surface area contributed by atoms with Crippen molar-refractivity contribution >= 4 is 12.0 Å². The van der Waals surface area contributed by atoms with Crippen LogP contribution in [0.25, 0.3) is 6.08 Å². The van der Waals surface area contributed by atoms with E-state index in [9.17, 15) is 4.79 Å². The van der Waals surface area contributed by atoms with Crippen LogP contribution >= 0.6 is 0 Å². The van der Waals surface area contributed by atoms with Gasteiger partial charge in [0, 0.05) is 13.2 Å². The lowest BCUT2D eigenvalue weighted by atomic mass is 9.94. The number of carbonyl (C=O) groups is 1. The molecule has 1 unspecified atom stereocenters. The molecule has 3 aromatic rings. The highest BCUT2D eigenvalue weighted by Crippen LogP contribution is 2.24. The maximum Gasteiger partial charge on any atom is 0.268 e. The molecule has 1 N–H and O–H groups in total. The molecule has 3 heteroatoms. The van der Waals surface area contributed by atoms with E-state index in [4.69, 9.17) is 0 Å². The summed E-state index contributed by atoms with van der Waals surface area (Å²) in [5.74, 6) is -0.0607. The molecular formula is C23H24N2O. The fourth-order valence-electron chi connectivity index (χ4n) is 3.20. The number of carbonyl (C=O) groups excluding carboxylic acids is 1. The number of rotatable bonds is 7. The van der Waals surface area contributed by atoms with Crippen LogP contribution in [0.15, 0.2) is 79.5 Å². The van der Waals surface area contributed by atoms with Gasteiger partial charge in [0.1, 0.15) is 5.69 Å². The zero-order chi connectivity index (χ0) is 18.4. The summed E-state index contributed by atoms with van der Waals surface area (Å²) in [6, 6.07) is 22.1. The van der Waals surface area contributed by atoms with Crippen molar-refractivity contribution in [3.63, 3.8) is 0 Å². The number of benzene rings is 2. The Morgan fingerprint density at radius 1 is 1.08 bits per heavy atom. The fraction of sp³-hybridized carbons (Fsp3) is 0.174. The molecule has 0 aliphatic rings. The molecule has 1 aromatic heterocycles. The zero-order valence-corrected chi connectivity index (χ0v) is 15.1. The van der Waals surface area contributed by atoms with Gasteiger partial charge in [-0.05, 0) is 41.7 Å². The molecule has 1 heterocycles. The van der Waals surface area contributed by atoms with Crippen molar-refractivity contribution in [2.45, 2.75) is 18.9 Å². The van der Waals surface area contributed by atoms with Crippen molar-refractivity contribution in [2.24, 2.45) is 7.05 Å². The first-order valence-corrected chi connectivity index (χ1v) is 8.86. The smallest absolute Gasteiger partial charge is 0.268 e. The number of aryl methyl sites for hydroxylation is 2. The van der Waals surface area contributed by atoms with Gasteiger partial charge >= 0.3 is 0 Å². The topological polar surface area (TPSA) is 34.0 Å². The summed E-state index contributed by atoms with van der Waals surface area (Å²) in [5, 5.41) is 3.21. The number of hydrogen-bond donors (Lipinski definition) is 1. The second-order valence-corrected chi connectivity index (χ2v) is 6.39. The number of aromatic nitrogens is 1. The molecule has 3 rings (SSSR count). The van der Waals surface area contributed by atoms with Crippen molar-refractivity contribution in [3.8, 4) is 0 Å². The average molecular weight is 344 g/mol. The second-order valence-electron chi connectivity index (χ2n) is 6.39. The second kappa shape index (κ2) is 8.34. The van der Waals surface area contributed by atoms with Gasteiger partial charge in [0.2, 0.25) is 0 Å². The molecule has 2 aromatic carbocycles. The summed E-state index contributed by atoms with van der Waals surface area (Å²) in [6.45, 7) is 3.92. The summed E-state index contributed by atoms with van der Waals surface area (Å²) < 4.78 is 1.84. The third kappa shape index (κ3) is 4.12. The number of amides is 1. The normalized spacial score (nSPS) is 11.7. The van der Waals surface area contributed by atoms with E-state index in [-0.39, 0.29) is 11.9 Å². The van der Waals surface area contributed by atoms with Crippen LogP contribution in [0.2, 0.25) is 0 Å². The summed E-state index contributed by atoms with van der Waals surface area (Å²) >= 11 is 0. The Kier molecular flexibility index (Phi) is 5.69. The van der Waals surface area contributed by atoms with E-state index in [1.165, 1.54) is 5.56 Å². The van der Waals surface area contributed by atoms with Gasteiger partial charge in [-0.25, -0.2) is 0 Å². The van der Waals surface area contributed by atoms with Crippen LogP contribution in [0.3, 0.4) is 0 Å². The quantitative estimate of drug-likeness (QED) is 0.658. The van der Waals surface area contributed by atoms with Crippen LogP contribution in [-0.4, -0.2) is 10.5 Å². The number of hydrogen-bond acceptors (Lipinski definition) is 1. The molecule has 0 radical (unpaired) electrons. The third-order valence-corrected chi connectivity index (χ3v) is 4.64. The summed E-state index contributed by atoms with van der Waals surface area (Å²) in [5.41, 5.74) is 4.08. The standard InChI is InChI=1S/C23H24N2O/c1-3-19-12-7-8-13-20(19)21(16-15-18-10-5-4-6-11-18)24-23(26)22-14-9-17-25(22)2/h3-14,17,21H,1,15-16H2,2H3,(H,24,26). The van der Waals surface area contributed by atoms with Crippen LogP contribution in [0.1, 0.15) is 39.6 Å². The molecule has 0 bridgehead atoms. The minimum Gasteiger partial charge on any atom is -0.347 e. The summed E-state index contributed by atoms with van der Waals surface area (Å²) in [4.78, 5) is 12.8. The highest BCUT2D eigenvalue weighted by atomic mass is 16.2. The Morgan fingerprint density at radius 2 is 1.81 bits per heavy atom. The van der Waals surface area contributed by atoms with E-state index in [2.05, 4.69) is 30.1 Å². The van der Waals surface area contributed by atoms with Gasteiger partial charge in [0.05, 0.1) is 6.04 Å². The largest absolute Gasteiger partial charge is 0.347 e. The first kappa shape index (κ1) is 17.7. The van der Waals surface area contributed by atoms with E-state index < -0.39 is 0 Å². The Hall–Kier alpha value is -3.07. The highest BCUT2D eigenvalue weighted by molar-refractivity contribution is 5.93. The lowest BCUT2D eigenvalue weighted by molar-refractivity contribution is 0.0926. The monoisotopic (exact) mass is 344 g/mol. The van der Waals surface area contributed by atoms with Gasteiger partial charge < -0.3 is 9.88 Å². The molecule has 26 heavy (non-hydrogen) atoms. The maximum absolute atomic E-state index is 12.8.